The number of furan rings is 1. The van der Waals surface area contributed by atoms with Gasteiger partial charge < -0.3 is 25.7 Å². The van der Waals surface area contributed by atoms with Crippen molar-refractivity contribution in [2.24, 2.45) is 5.92 Å². The molecule has 0 fully saturated rings. The van der Waals surface area contributed by atoms with Gasteiger partial charge in [0.1, 0.15) is 17.3 Å². The highest BCUT2D eigenvalue weighted by molar-refractivity contribution is 6.00. The van der Waals surface area contributed by atoms with Gasteiger partial charge in [0.2, 0.25) is 5.91 Å². The first-order chi connectivity index (χ1) is 17.8. The van der Waals surface area contributed by atoms with Crippen molar-refractivity contribution in [2.75, 3.05) is 20.1 Å². The minimum absolute atomic E-state index is 0.0934. The molecule has 10 heteroatoms. The number of para-hydroxylation sites is 1. The number of amides is 3. The highest BCUT2D eigenvalue weighted by atomic mass is 16.3. The first-order valence-electron chi connectivity index (χ1n) is 12.2. The summed E-state index contributed by atoms with van der Waals surface area (Å²) in [4.78, 5) is 55.3. The van der Waals surface area contributed by atoms with Crippen molar-refractivity contribution in [3.63, 3.8) is 0 Å². The standard InChI is InChI=1S/C27H33N5O5/c1-17(2)14-21(32-27(36)24-15-18-8-4-5-10-23(18)37-24)26(35)31-19(11-13-28-3)22(33)16-30-25(34)20-9-6-7-12-29-20/h4-10,12,15,17,19,21,28H,11,13-14,16H2,1-3H3,(H,30,34)(H,31,35)(H,32,36)/t19?,21-/m0/s1. The number of Topliss-reactive ketones (excluding diaryl/α,β-unsaturated/α-hetero) is 1. The van der Waals surface area contributed by atoms with Gasteiger partial charge in [0.15, 0.2) is 11.5 Å². The molecule has 1 unspecified atom stereocenters. The average molecular weight is 508 g/mol. The highest BCUT2D eigenvalue weighted by Gasteiger charge is 2.28. The highest BCUT2D eigenvalue weighted by Crippen LogP contribution is 2.19. The predicted molar refractivity (Wildman–Crippen MR) is 139 cm³/mol. The molecular formula is C27H33N5O5. The van der Waals surface area contributed by atoms with Gasteiger partial charge in [-0.15, -0.1) is 0 Å². The molecule has 196 valence electrons. The summed E-state index contributed by atoms with van der Waals surface area (Å²) < 4.78 is 5.63. The SMILES string of the molecule is CNCCC(NC(=O)[C@H](CC(C)C)NC(=O)c1cc2ccccc2o1)C(=O)CNC(=O)c1ccccn1. The molecule has 0 aliphatic heterocycles. The van der Waals surface area contributed by atoms with Gasteiger partial charge in [0, 0.05) is 11.6 Å². The van der Waals surface area contributed by atoms with E-state index in [4.69, 9.17) is 4.42 Å². The van der Waals surface area contributed by atoms with Gasteiger partial charge in [-0.3, -0.25) is 24.2 Å². The fourth-order valence-corrected chi connectivity index (χ4v) is 3.78. The van der Waals surface area contributed by atoms with E-state index in [1.807, 2.05) is 32.0 Å². The smallest absolute Gasteiger partial charge is 0.287 e. The second-order valence-corrected chi connectivity index (χ2v) is 9.12. The minimum Gasteiger partial charge on any atom is -0.451 e. The zero-order valence-electron chi connectivity index (χ0n) is 21.2. The van der Waals surface area contributed by atoms with Crippen LogP contribution in [0.4, 0.5) is 0 Å². The molecule has 1 aromatic carbocycles. The largest absolute Gasteiger partial charge is 0.451 e. The Morgan fingerprint density at radius 3 is 2.38 bits per heavy atom. The van der Waals surface area contributed by atoms with Crippen LogP contribution in [0.5, 0.6) is 0 Å². The van der Waals surface area contributed by atoms with Crippen LogP contribution in [0.1, 0.15) is 47.7 Å². The topological polar surface area (TPSA) is 142 Å². The molecule has 0 bridgehead atoms. The zero-order chi connectivity index (χ0) is 26.8. The number of hydrogen-bond donors (Lipinski definition) is 4. The summed E-state index contributed by atoms with van der Waals surface area (Å²) in [5, 5.41) is 11.8. The Bertz CT molecular complexity index is 1190. The lowest BCUT2D eigenvalue weighted by atomic mass is 10.0. The number of aromatic nitrogens is 1. The summed E-state index contributed by atoms with van der Waals surface area (Å²) >= 11 is 0. The lowest BCUT2D eigenvalue weighted by Crippen LogP contribution is -2.53. The summed E-state index contributed by atoms with van der Waals surface area (Å²) in [6.45, 7) is 4.06. The van der Waals surface area contributed by atoms with E-state index in [-0.39, 0.29) is 29.7 Å². The number of benzene rings is 1. The van der Waals surface area contributed by atoms with E-state index in [9.17, 15) is 19.2 Å². The number of carbonyl (C=O) groups excluding carboxylic acids is 4. The van der Waals surface area contributed by atoms with E-state index in [0.29, 0.717) is 25.0 Å². The number of ketones is 1. The van der Waals surface area contributed by atoms with E-state index in [1.54, 1.807) is 37.4 Å². The van der Waals surface area contributed by atoms with E-state index in [1.165, 1.54) is 6.20 Å². The van der Waals surface area contributed by atoms with Gasteiger partial charge in [-0.05, 0) is 56.6 Å². The van der Waals surface area contributed by atoms with E-state index >= 15 is 0 Å². The Hall–Kier alpha value is -4.05. The fourth-order valence-electron chi connectivity index (χ4n) is 3.78. The Balaban J connectivity index is 1.67. The second-order valence-electron chi connectivity index (χ2n) is 9.12. The van der Waals surface area contributed by atoms with Gasteiger partial charge in [-0.1, -0.05) is 38.1 Å². The molecule has 10 nitrogen and oxygen atoms in total. The van der Waals surface area contributed by atoms with Gasteiger partial charge in [0.05, 0.1) is 12.6 Å². The molecule has 4 N–H and O–H groups in total. The van der Waals surface area contributed by atoms with Crippen molar-refractivity contribution in [3.8, 4) is 0 Å². The normalized spacial score (nSPS) is 12.6. The lowest BCUT2D eigenvalue weighted by Gasteiger charge is -2.24. The average Bonchev–Trinajstić information content (AvgIpc) is 3.34. The summed E-state index contributed by atoms with van der Waals surface area (Å²) in [6.07, 6.45) is 2.16. The molecule has 0 aliphatic rings. The summed E-state index contributed by atoms with van der Waals surface area (Å²) in [6, 6.07) is 12.0. The monoisotopic (exact) mass is 507 g/mol. The van der Waals surface area contributed by atoms with Crippen molar-refractivity contribution >= 4 is 34.5 Å². The Morgan fingerprint density at radius 2 is 1.70 bits per heavy atom. The Kier molecular flexibility index (Phi) is 9.91. The van der Waals surface area contributed by atoms with Crippen molar-refractivity contribution in [2.45, 2.75) is 38.8 Å². The molecule has 3 amide bonds. The lowest BCUT2D eigenvalue weighted by molar-refractivity contribution is -0.128. The Morgan fingerprint density at radius 1 is 0.946 bits per heavy atom. The van der Waals surface area contributed by atoms with Crippen LogP contribution in [0, 0.1) is 5.92 Å². The maximum atomic E-state index is 13.2. The van der Waals surface area contributed by atoms with Crippen LogP contribution >= 0.6 is 0 Å². The van der Waals surface area contributed by atoms with Crippen molar-refractivity contribution < 1.29 is 23.6 Å². The van der Waals surface area contributed by atoms with Crippen LogP contribution in [0.15, 0.2) is 59.1 Å². The zero-order valence-corrected chi connectivity index (χ0v) is 21.2. The Labute approximate surface area is 215 Å². The number of nitrogens with one attached hydrogen (secondary N) is 4. The van der Waals surface area contributed by atoms with Crippen LogP contribution in [0.25, 0.3) is 11.0 Å². The van der Waals surface area contributed by atoms with Crippen molar-refractivity contribution in [1.82, 2.24) is 26.3 Å². The van der Waals surface area contributed by atoms with Crippen LogP contribution in [0.3, 0.4) is 0 Å². The maximum absolute atomic E-state index is 13.2. The quantitative estimate of drug-likeness (QED) is 0.277. The molecule has 2 atom stereocenters. The van der Waals surface area contributed by atoms with E-state index in [0.717, 1.165) is 5.39 Å². The van der Waals surface area contributed by atoms with Crippen LogP contribution in [0.2, 0.25) is 0 Å². The molecule has 3 rings (SSSR count). The fraction of sp³-hybridized carbons (Fsp3) is 0.370. The molecule has 2 heterocycles. The van der Waals surface area contributed by atoms with Gasteiger partial charge in [-0.25, -0.2) is 0 Å². The number of pyridine rings is 1. The van der Waals surface area contributed by atoms with E-state index < -0.39 is 29.8 Å². The van der Waals surface area contributed by atoms with E-state index in [2.05, 4.69) is 26.3 Å². The van der Waals surface area contributed by atoms with Gasteiger partial charge in [0.25, 0.3) is 11.8 Å². The molecule has 0 saturated carbocycles. The van der Waals surface area contributed by atoms with Gasteiger partial charge in [-0.2, -0.15) is 0 Å². The summed E-state index contributed by atoms with van der Waals surface area (Å²) in [5.41, 5.74) is 0.763. The van der Waals surface area contributed by atoms with Crippen LogP contribution < -0.4 is 21.3 Å². The number of nitrogens with zero attached hydrogens (tertiary/aromatic N) is 1. The van der Waals surface area contributed by atoms with Gasteiger partial charge >= 0.3 is 0 Å². The summed E-state index contributed by atoms with van der Waals surface area (Å²) in [5.74, 6) is -1.65. The molecule has 3 aromatic rings. The maximum Gasteiger partial charge on any atom is 0.287 e. The molecule has 2 aromatic heterocycles. The molecule has 0 radical (unpaired) electrons. The van der Waals surface area contributed by atoms with Crippen LogP contribution in [-0.2, 0) is 9.59 Å². The number of carbonyl (C=O) groups is 4. The van der Waals surface area contributed by atoms with Crippen LogP contribution in [-0.4, -0.2) is 60.7 Å². The number of hydrogen-bond acceptors (Lipinski definition) is 7. The first kappa shape index (κ1) is 27.5. The minimum atomic E-state index is -0.881. The molecule has 0 spiro atoms. The third-order valence-electron chi connectivity index (χ3n) is 5.69. The first-order valence-corrected chi connectivity index (χ1v) is 12.2. The molecule has 0 saturated heterocycles. The predicted octanol–water partition coefficient (Wildman–Crippen LogP) is 2.07. The third kappa shape index (κ3) is 7.97. The number of rotatable bonds is 13. The van der Waals surface area contributed by atoms with Crippen molar-refractivity contribution in [3.05, 3.63) is 66.2 Å². The number of fused-ring (bicyclic) bond motifs is 1. The molecular weight excluding hydrogens is 474 g/mol. The summed E-state index contributed by atoms with van der Waals surface area (Å²) in [7, 11) is 1.74. The molecule has 0 aliphatic carbocycles. The molecule has 37 heavy (non-hydrogen) atoms. The van der Waals surface area contributed by atoms with Crippen molar-refractivity contribution in [1.29, 1.82) is 0 Å². The third-order valence-corrected chi connectivity index (χ3v) is 5.69. The second kappa shape index (κ2) is 13.3.